The molecular formula is C5H6N4O3Si. The molecule has 0 aliphatic rings. The Balaban J connectivity index is 5.40. The normalized spacial score (nSPS) is 13.2. The summed E-state index contributed by atoms with van der Waals surface area (Å²) in [6, 6.07) is 0. The molecule has 0 aliphatic heterocycles. The zero-order valence-corrected chi connectivity index (χ0v) is 8.01. The lowest BCUT2D eigenvalue weighted by molar-refractivity contribution is 0.555. The molecule has 8 heteroatoms. The van der Waals surface area contributed by atoms with Crippen LogP contribution in [0.1, 0.15) is 0 Å². The van der Waals surface area contributed by atoms with Crippen LogP contribution in [0.25, 0.3) is 0 Å². The second kappa shape index (κ2) is 5.05. The van der Waals surface area contributed by atoms with Crippen LogP contribution < -0.4 is 0 Å². The van der Waals surface area contributed by atoms with Gasteiger partial charge in [-0.1, -0.05) is 0 Å². The van der Waals surface area contributed by atoms with E-state index in [0.717, 1.165) is 0 Å². The van der Waals surface area contributed by atoms with Crippen molar-refractivity contribution >= 4 is 27.0 Å². The van der Waals surface area contributed by atoms with Gasteiger partial charge in [-0.05, 0) is 14.1 Å². The summed E-state index contributed by atoms with van der Waals surface area (Å²) >= 11 is 0. The molecule has 0 radical (unpaired) electrons. The van der Waals surface area contributed by atoms with Crippen LogP contribution in [0.3, 0.4) is 0 Å². The van der Waals surface area contributed by atoms with E-state index in [1.54, 1.807) is 0 Å². The van der Waals surface area contributed by atoms with Crippen LogP contribution in [-0.4, -0.2) is 45.6 Å². The van der Waals surface area contributed by atoms with Crippen molar-refractivity contribution in [3.05, 3.63) is 0 Å². The zero-order chi connectivity index (χ0) is 10.3. The molecule has 68 valence electrons. The SMILES string of the molecule is CN(C)[Si](N=C=O)(N=C=O)N=C=O. The van der Waals surface area contributed by atoms with Crippen LogP contribution in [0.4, 0.5) is 0 Å². The molecule has 0 spiro atoms. The molecular weight excluding hydrogens is 192 g/mol. The Kier molecular flexibility index (Phi) is 4.40. The van der Waals surface area contributed by atoms with Crippen LogP contribution in [0.15, 0.2) is 14.0 Å². The molecule has 0 aromatic carbocycles. The molecule has 0 rings (SSSR count). The summed E-state index contributed by atoms with van der Waals surface area (Å²) in [7, 11) is -0.474. The number of hydrogen-bond acceptors (Lipinski definition) is 7. The van der Waals surface area contributed by atoms with Gasteiger partial charge < -0.3 is 0 Å². The summed E-state index contributed by atoms with van der Waals surface area (Å²) in [6.45, 7) is 0. The Morgan fingerprint density at radius 3 is 1.38 bits per heavy atom. The largest absolute Gasteiger partial charge is 0.558 e. The van der Waals surface area contributed by atoms with Gasteiger partial charge in [-0.25, -0.2) is 14.4 Å². The molecule has 7 nitrogen and oxygen atoms in total. The van der Waals surface area contributed by atoms with Crippen molar-refractivity contribution in [2.45, 2.75) is 0 Å². The quantitative estimate of drug-likeness (QED) is 0.329. The van der Waals surface area contributed by atoms with E-state index < -0.39 is 8.72 Å². The van der Waals surface area contributed by atoms with E-state index in [-0.39, 0.29) is 0 Å². The summed E-state index contributed by atoms with van der Waals surface area (Å²) < 4.78 is 11.0. The average Bonchev–Trinajstić information content (AvgIpc) is 2.05. The number of rotatable bonds is 4. The smallest absolute Gasteiger partial charge is 0.274 e. The maximum atomic E-state index is 10.0. The summed E-state index contributed by atoms with van der Waals surface area (Å²) in [4.78, 5) is 30.0. The highest BCUT2D eigenvalue weighted by molar-refractivity contribution is 6.73. The first kappa shape index (κ1) is 11.3. The predicted molar refractivity (Wildman–Crippen MR) is 43.8 cm³/mol. The first-order valence-corrected chi connectivity index (χ1v) is 4.86. The van der Waals surface area contributed by atoms with Crippen LogP contribution in [0.5, 0.6) is 0 Å². The molecule has 0 unspecified atom stereocenters. The minimum Gasteiger partial charge on any atom is -0.274 e. The third-order valence-corrected chi connectivity index (χ3v) is 3.56. The lowest BCUT2D eigenvalue weighted by Crippen LogP contribution is -2.45. The lowest BCUT2D eigenvalue weighted by atomic mass is 11.3. The first-order chi connectivity index (χ1) is 6.13. The number of isocyanates is 3. The van der Waals surface area contributed by atoms with E-state index in [2.05, 4.69) is 14.0 Å². The fraction of sp³-hybridized carbons (Fsp3) is 0.400. The predicted octanol–water partition coefficient (Wildman–Crippen LogP) is -1.01. The van der Waals surface area contributed by atoms with Gasteiger partial charge in [0.15, 0.2) is 0 Å². The molecule has 0 aromatic rings. The van der Waals surface area contributed by atoms with Crippen LogP contribution in [-0.2, 0) is 14.4 Å². The van der Waals surface area contributed by atoms with Gasteiger partial charge in [-0.2, -0.15) is 14.0 Å². The molecule has 0 bridgehead atoms. The van der Waals surface area contributed by atoms with Crippen LogP contribution in [0.2, 0.25) is 0 Å². The standard InChI is InChI=1S/C5H6N4O3Si/c1-9(2)13(6-3-10,7-4-11)8-5-12/h1-2H3. The summed E-state index contributed by atoms with van der Waals surface area (Å²) in [5.74, 6) is 0. The molecule has 0 saturated carbocycles. The fourth-order valence-corrected chi connectivity index (χ4v) is 1.68. The Morgan fingerprint density at radius 2 is 1.23 bits per heavy atom. The van der Waals surface area contributed by atoms with E-state index in [9.17, 15) is 14.4 Å². The van der Waals surface area contributed by atoms with Gasteiger partial charge in [0.25, 0.3) is 0 Å². The second-order valence-electron chi connectivity index (χ2n) is 2.10. The van der Waals surface area contributed by atoms with Gasteiger partial charge in [-0.3, -0.25) is 4.57 Å². The maximum Gasteiger partial charge on any atom is 0.558 e. The molecule has 0 N–H and O–H groups in total. The topological polar surface area (TPSA) is 91.5 Å². The molecule has 13 heavy (non-hydrogen) atoms. The van der Waals surface area contributed by atoms with E-state index in [0.29, 0.717) is 0 Å². The molecule has 0 aliphatic carbocycles. The fourth-order valence-electron chi connectivity index (χ4n) is 0.559. The summed E-state index contributed by atoms with van der Waals surface area (Å²) in [6.07, 6.45) is 3.63. The molecule has 0 amide bonds. The monoisotopic (exact) mass is 198 g/mol. The van der Waals surface area contributed by atoms with Gasteiger partial charge in [-0.15, -0.1) is 0 Å². The molecule has 0 aromatic heterocycles. The van der Waals surface area contributed by atoms with Crippen LogP contribution in [0, 0.1) is 0 Å². The zero-order valence-electron chi connectivity index (χ0n) is 7.01. The highest BCUT2D eigenvalue weighted by Gasteiger charge is 2.40. The van der Waals surface area contributed by atoms with Crippen molar-refractivity contribution in [3.8, 4) is 0 Å². The Morgan fingerprint density at radius 1 is 0.923 bits per heavy atom. The number of nitrogens with zero attached hydrogens (tertiary/aromatic N) is 4. The van der Waals surface area contributed by atoms with Gasteiger partial charge in [0, 0.05) is 0 Å². The lowest BCUT2D eigenvalue weighted by Gasteiger charge is -2.17. The van der Waals surface area contributed by atoms with Crippen molar-refractivity contribution in [2.24, 2.45) is 14.0 Å². The highest BCUT2D eigenvalue weighted by atomic mass is 28.4. The maximum absolute atomic E-state index is 10.0. The molecule has 0 atom stereocenters. The summed E-state index contributed by atoms with van der Waals surface area (Å²) in [5.41, 5.74) is 0. The first-order valence-electron chi connectivity index (χ1n) is 3.07. The van der Waals surface area contributed by atoms with Crippen molar-refractivity contribution in [1.82, 2.24) is 4.57 Å². The van der Waals surface area contributed by atoms with Crippen molar-refractivity contribution in [1.29, 1.82) is 0 Å². The van der Waals surface area contributed by atoms with Crippen molar-refractivity contribution in [3.63, 3.8) is 0 Å². The van der Waals surface area contributed by atoms with E-state index in [1.807, 2.05) is 0 Å². The second-order valence-corrected chi connectivity index (χ2v) is 4.87. The Hall–Kier alpha value is -1.68. The number of hydrogen-bond donors (Lipinski definition) is 0. The molecule has 0 fully saturated rings. The van der Waals surface area contributed by atoms with Crippen molar-refractivity contribution in [2.75, 3.05) is 14.1 Å². The Bertz CT molecular complexity index is 277. The van der Waals surface area contributed by atoms with Crippen LogP contribution >= 0.6 is 0 Å². The third kappa shape index (κ3) is 2.68. The van der Waals surface area contributed by atoms with Gasteiger partial charge in [0.05, 0.1) is 0 Å². The van der Waals surface area contributed by atoms with Gasteiger partial charge in [0.1, 0.15) is 0 Å². The number of carbonyl (C=O) groups excluding carboxylic acids is 3. The molecule has 0 saturated heterocycles. The van der Waals surface area contributed by atoms with Gasteiger partial charge in [0.2, 0.25) is 18.2 Å². The Labute approximate surface area is 74.8 Å². The van der Waals surface area contributed by atoms with Gasteiger partial charge >= 0.3 is 8.72 Å². The minimum absolute atomic E-state index is 1.21. The average molecular weight is 198 g/mol. The highest BCUT2D eigenvalue weighted by Crippen LogP contribution is 2.09. The minimum atomic E-state index is -3.44. The summed E-state index contributed by atoms with van der Waals surface area (Å²) in [5, 5.41) is 0. The third-order valence-electron chi connectivity index (χ3n) is 1.19. The van der Waals surface area contributed by atoms with E-state index >= 15 is 0 Å². The van der Waals surface area contributed by atoms with E-state index in [1.165, 1.54) is 36.9 Å². The van der Waals surface area contributed by atoms with E-state index in [4.69, 9.17) is 0 Å². The van der Waals surface area contributed by atoms with Crippen molar-refractivity contribution < 1.29 is 14.4 Å². The molecule has 0 heterocycles.